The number of carbonyl (C=O) groups is 1. The summed E-state index contributed by atoms with van der Waals surface area (Å²) in [6.45, 7) is 0. The van der Waals surface area contributed by atoms with Crippen LogP contribution in [0.25, 0.3) is 10.8 Å². The standard InChI is InChI=1S/C14H10BrN3O/c15-12-5-6-13(16-7-12)17-14(19)18-8-10-3-1-2-4-11(10)9-18/h1-9H,(H,16,17,19). The van der Waals surface area contributed by atoms with E-state index in [1.165, 1.54) is 4.57 Å². The highest BCUT2D eigenvalue weighted by atomic mass is 79.9. The van der Waals surface area contributed by atoms with E-state index >= 15 is 0 Å². The predicted molar refractivity (Wildman–Crippen MR) is 78.3 cm³/mol. The highest BCUT2D eigenvalue weighted by Crippen LogP contribution is 2.15. The number of aromatic nitrogens is 2. The van der Waals surface area contributed by atoms with Crippen LogP contribution in [0.5, 0.6) is 0 Å². The van der Waals surface area contributed by atoms with Crippen LogP contribution in [0.4, 0.5) is 10.6 Å². The van der Waals surface area contributed by atoms with Gasteiger partial charge in [0.05, 0.1) is 0 Å². The Balaban J connectivity index is 1.85. The predicted octanol–water partition coefficient (Wildman–Crippen LogP) is 3.88. The highest BCUT2D eigenvalue weighted by molar-refractivity contribution is 9.10. The topological polar surface area (TPSA) is 46.9 Å². The Hall–Kier alpha value is -2.14. The van der Waals surface area contributed by atoms with Crippen molar-refractivity contribution in [1.29, 1.82) is 0 Å². The molecule has 19 heavy (non-hydrogen) atoms. The van der Waals surface area contributed by atoms with Gasteiger partial charge in [-0.2, -0.15) is 0 Å². The zero-order chi connectivity index (χ0) is 13.2. The van der Waals surface area contributed by atoms with Crippen LogP contribution in [0.3, 0.4) is 0 Å². The lowest BCUT2D eigenvalue weighted by Gasteiger charge is -2.04. The summed E-state index contributed by atoms with van der Waals surface area (Å²) in [6.07, 6.45) is 5.23. The van der Waals surface area contributed by atoms with Crippen molar-refractivity contribution in [3.63, 3.8) is 0 Å². The number of benzene rings is 1. The first-order chi connectivity index (χ1) is 9.22. The van der Waals surface area contributed by atoms with E-state index in [0.717, 1.165) is 15.2 Å². The number of pyridine rings is 1. The summed E-state index contributed by atoms with van der Waals surface area (Å²) < 4.78 is 2.39. The molecule has 1 aromatic carbocycles. The number of halogens is 1. The lowest BCUT2D eigenvalue weighted by molar-refractivity contribution is 0.253. The maximum absolute atomic E-state index is 12.1. The second-order valence-electron chi connectivity index (χ2n) is 4.09. The summed E-state index contributed by atoms with van der Waals surface area (Å²) in [4.78, 5) is 16.2. The van der Waals surface area contributed by atoms with Crippen molar-refractivity contribution in [2.75, 3.05) is 5.32 Å². The number of nitrogens with one attached hydrogen (secondary N) is 1. The minimum Gasteiger partial charge on any atom is -0.292 e. The molecule has 3 aromatic rings. The fourth-order valence-corrected chi connectivity index (χ4v) is 2.06. The van der Waals surface area contributed by atoms with Crippen LogP contribution in [-0.4, -0.2) is 15.6 Å². The molecule has 1 amide bonds. The maximum atomic E-state index is 12.1. The van der Waals surface area contributed by atoms with Gasteiger partial charge in [0.25, 0.3) is 0 Å². The third-order valence-corrected chi connectivity index (χ3v) is 3.22. The van der Waals surface area contributed by atoms with E-state index in [0.29, 0.717) is 5.82 Å². The van der Waals surface area contributed by atoms with Crippen LogP contribution >= 0.6 is 15.9 Å². The minimum atomic E-state index is -0.231. The number of hydrogen-bond acceptors (Lipinski definition) is 2. The molecule has 5 heteroatoms. The molecule has 0 aliphatic carbocycles. The molecule has 0 saturated heterocycles. The summed E-state index contributed by atoms with van der Waals surface area (Å²) in [7, 11) is 0. The Bertz CT molecular complexity index is 701. The van der Waals surface area contributed by atoms with Gasteiger partial charge in [-0.3, -0.25) is 9.88 Å². The van der Waals surface area contributed by atoms with Gasteiger partial charge in [-0.1, -0.05) is 24.3 Å². The van der Waals surface area contributed by atoms with Crippen molar-refractivity contribution in [3.05, 3.63) is 59.5 Å². The normalized spacial score (nSPS) is 10.6. The van der Waals surface area contributed by atoms with Crippen molar-refractivity contribution in [3.8, 4) is 0 Å². The van der Waals surface area contributed by atoms with E-state index in [1.54, 1.807) is 24.7 Å². The lowest BCUT2D eigenvalue weighted by atomic mass is 10.2. The van der Waals surface area contributed by atoms with Gasteiger partial charge in [0, 0.05) is 23.1 Å². The molecule has 2 aromatic heterocycles. The molecule has 0 spiro atoms. The number of amides is 1. The second kappa shape index (κ2) is 4.85. The van der Waals surface area contributed by atoms with E-state index in [9.17, 15) is 4.79 Å². The van der Waals surface area contributed by atoms with E-state index in [-0.39, 0.29) is 6.03 Å². The molecule has 3 rings (SSSR count). The molecular weight excluding hydrogens is 306 g/mol. The van der Waals surface area contributed by atoms with Crippen LogP contribution in [0, 0.1) is 0 Å². The molecular formula is C14H10BrN3O. The molecule has 0 unspecified atom stereocenters. The fraction of sp³-hybridized carbons (Fsp3) is 0. The van der Waals surface area contributed by atoms with Crippen LogP contribution < -0.4 is 5.32 Å². The number of fused-ring (bicyclic) bond motifs is 1. The minimum absolute atomic E-state index is 0.231. The van der Waals surface area contributed by atoms with Crippen molar-refractivity contribution < 1.29 is 4.79 Å². The zero-order valence-corrected chi connectivity index (χ0v) is 11.5. The van der Waals surface area contributed by atoms with Gasteiger partial charge in [0.15, 0.2) is 0 Å². The number of hydrogen-bond donors (Lipinski definition) is 1. The van der Waals surface area contributed by atoms with Gasteiger partial charge in [-0.25, -0.2) is 9.78 Å². The smallest absolute Gasteiger partial charge is 0.292 e. The first kappa shape index (κ1) is 11.9. The molecule has 0 bridgehead atoms. The Labute approximate surface area is 118 Å². The molecule has 0 aliphatic heterocycles. The average Bonchev–Trinajstić information content (AvgIpc) is 2.85. The van der Waals surface area contributed by atoms with Gasteiger partial charge >= 0.3 is 6.03 Å². The SMILES string of the molecule is O=C(Nc1ccc(Br)cn1)n1cc2ccccc2c1. The third kappa shape index (κ3) is 2.51. The summed E-state index contributed by atoms with van der Waals surface area (Å²) >= 11 is 3.30. The molecule has 94 valence electrons. The Morgan fingerprint density at radius 1 is 1.11 bits per heavy atom. The summed E-state index contributed by atoms with van der Waals surface area (Å²) in [5.74, 6) is 0.519. The lowest BCUT2D eigenvalue weighted by Crippen LogP contribution is -2.18. The monoisotopic (exact) mass is 315 g/mol. The fourth-order valence-electron chi connectivity index (χ4n) is 1.82. The van der Waals surface area contributed by atoms with Gasteiger partial charge < -0.3 is 0 Å². The molecule has 0 saturated carbocycles. The first-order valence-electron chi connectivity index (χ1n) is 5.72. The van der Waals surface area contributed by atoms with E-state index < -0.39 is 0 Å². The Morgan fingerprint density at radius 3 is 2.37 bits per heavy atom. The van der Waals surface area contributed by atoms with E-state index in [1.807, 2.05) is 30.3 Å². The van der Waals surface area contributed by atoms with Gasteiger partial charge in [0.2, 0.25) is 0 Å². The van der Waals surface area contributed by atoms with Gasteiger partial charge in [-0.05, 0) is 38.8 Å². The molecule has 0 fully saturated rings. The average molecular weight is 316 g/mol. The summed E-state index contributed by atoms with van der Waals surface area (Å²) in [5.41, 5.74) is 0. The molecule has 0 atom stereocenters. The Kier molecular flexibility index (Phi) is 3.05. The zero-order valence-electron chi connectivity index (χ0n) is 9.88. The number of carbonyl (C=O) groups excluding carboxylic acids is 1. The number of nitrogens with zero attached hydrogens (tertiary/aromatic N) is 2. The third-order valence-electron chi connectivity index (χ3n) is 2.75. The molecule has 0 radical (unpaired) electrons. The molecule has 1 N–H and O–H groups in total. The largest absolute Gasteiger partial charge is 0.331 e. The van der Waals surface area contributed by atoms with Crippen LogP contribution in [0.1, 0.15) is 0 Å². The summed E-state index contributed by atoms with van der Waals surface area (Å²) in [5, 5.41) is 4.80. The van der Waals surface area contributed by atoms with E-state index in [2.05, 4.69) is 26.2 Å². The van der Waals surface area contributed by atoms with Crippen LogP contribution in [-0.2, 0) is 0 Å². The van der Waals surface area contributed by atoms with E-state index in [4.69, 9.17) is 0 Å². The summed E-state index contributed by atoms with van der Waals surface area (Å²) in [6, 6.07) is 11.2. The van der Waals surface area contributed by atoms with Crippen molar-refractivity contribution in [1.82, 2.24) is 9.55 Å². The quantitative estimate of drug-likeness (QED) is 0.740. The van der Waals surface area contributed by atoms with Gasteiger partial charge in [0.1, 0.15) is 5.82 Å². The second-order valence-corrected chi connectivity index (χ2v) is 5.00. The Morgan fingerprint density at radius 2 is 1.79 bits per heavy atom. The van der Waals surface area contributed by atoms with Crippen molar-refractivity contribution >= 4 is 38.6 Å². The molecule has 4 nitrogen and oxygen atoms in total. The number of rotatable bonds is 1. The number of anilines is 1. The maximum Gasteiger partial charge on any atom is 0.331 e. The molecule has 0 aliphatic rings. The highest BCUT2D eigenvalue weighted by Gasteiger charge is 2.07. The molecule has 2 heterocycles. The van der Waals surface area contributed by atoms with Crippen molar-refractivity contribution in [2.24, 2.45) is 0 Å². The van der Waals surface area contributed by atoms with Crippen LogP contribution in [0.2, 0.25) is 0 Å². The first-order valence-corrected chi connectivity index (χ1v) is 6.51. The van der Waals surface area contributed by atoms with Crippen LogP contribution in [0.15, 0.2) is 59.5 Å². The van der Waals surface area contributed by atoms with Gasteiger partial charge in [-0.15, -0.1) is 0 Å². The van der Waals surface area contributed by atoms with Crippen molar-refractivity contribution in [2.45, 2.75) is 0 Å².